The maximum Gasteiger partial charge on any atom is 0.408 e. The van der Waals surface area contributed by atoms with Crippen LogP contribution in [0.25, 0.3) is 22.5 Å². The number of aromatic amines is 1. The summed E-state index contributed by atoms with van der Waals surface area (Å²) in [7, 11) is 0. The normalized spacial score (nSPS) is 11.4. The number of aryl methyl sites for hydroxylation is 1. The summed E-state index contributed by atoms with van der Waals surface area (Å²) in [4.78, 5) is 58.1. The van der Waals surface area contributed by atoms with Crippen molar-refractivity contribution in [2.75, 3.05) is 33.0 Å². The molecule has 0 bridgehead atoms. The van der Waals surface area contributed by atoms with Gasteiger partial charge in [-0.1, -0.05) is 73.5 Å². The van der Waals surface area contributed by atoms with Crippen molar-refractivity contribution < 1.29 is 43.6 Å². The van der Waals surface area contributed by atoms with E-state index in [0.717, 1.165) is 40.9 Å². The molecule has 20 nitrogen and oxygen atoms in total. The summed E-state index contributed by atoms with van der Waals surface area (Å²) in [5.41, 5.74) is 4.15. The van der Waals surface area contributed by atoms with Crippen LogP contribution in [-0.2, 0) is 48.3 Å². The van der Waals surface area contributed by atoms with Gasteiger partial charge in [0.1, 0.15) is 32.2 Å². The molecule has 51 heavy (non-hydrogen) atoms. The Hall–Kier alpha value is -5.89. The van der Waals surface area contributed by atoms with E-state index < -0.39 is 48.1 Å². The van der Waals surface area contributed by atoms with E-state index in [1.807, 2.05) is 53.1 Å². The quantitative estimate of drug-likeness (QED) is 0.0539. The average molecular weight is 732 g/mol. The number of nitrogens with one attached hydrogen (secondary N) is 2. The lowest BCUT2D eigenvalue weighted by Crippen LogP contribution is -2.32. The zero-order valence-electron chi connectivity index (χ0n) is 27.3. The number of tetrazole rings is 1. The molecule has 0 aliphatic heterocycles. The fourth-order valence-electron chi connectivity index (χ4n) is 4.72. The molecule has 0 spiro atoms. The summed E-state index contributed by atoms with van der Waals surface area (Å²) in [5, 5.41) is 35.3. The van der Waals surface area contributed by atoms with Crippen molar-refractivity contribution >= 4 is 23.7 Å². The lowest BCUT2D eigenvalue weighted by molar-refractivity contribution is -0.790. The van der Waals surface area contributed by atoms with Crippen LogP contribution in [0.5, 0.6) is 0 Å². The summed E-state index contributed by atoms with van der Waals surface area (Å²) in [5.74, 6) is 0.400. The van der Waals surface area contributed by atoms with Crippen LogP contribution in [0.3, 0.4) is 0 Å². The number of hydrogen-bond donors (Lipinski definition) is 2. The van der Waals surface area contributed by atoms with Gasteiger partial charge in [0, 0.05) is 18.5 Å². The molecule has 2 aromatic heterocycles. The summed E-state index contributed by atoms with van der Waals surface area (Å²) in [6, 6.07) is 15.7. The Morgan fingerprint density at radius 3 is 2.47 bits per heavy atom. The fourth-order valence-corrected chi connectivity index (χ4v) is 4.97. The van der Waals surface area contributed by atoms with Gasteiger partial charge in [0.2, 0.25) is 5.82 Å². The van der Waals surface area contributed by atoms with E-state index in [9.17, 15) is 29.8 Å². The van der Waals surface area contributed by atoms with Gasteiger partial charge in [-0.15, -0.1) is 30.4 Å². The number of rotatable bonds is 21. The average Bonchev–Trinajstić information content (AvgIpc) is 3.75. The monoisotopic (exact) mass is 731 g/mol. The first-order valence-electron chi connectivity index (χ1n) is 15.5. The van der Waals surface area contributed by atoms with Crippen LogP contribution >= 0.6 is 11.6 Å². The molecular weight excluding hydrogens is 698 g/mol. The predicted octanol–water partition coefficient (Wildman–Crippen LogP) is 3.35. The Morgan fingerprint density at radius 1 is 1.02 bits per heavy atom. The predicted molar refractivity (Wildman–Crippen MR) is 175 cm³/mol. The van der Waals surface area contributed by atoms with E-state index in [1.54, 1.807) is 0 Å². The molecule has 4 aromatic rings. The highest BCUT2D eigenvalue weighted by Crippen LogP contribution is 2.30. The standard InChI is InChI=1S/C30H34ClN9O11/c1-2-3-8-26-33-28(31)25(19-49-30(42)32-15-27(41)48-14-13-47-17-22(51-40(45)46)18-50-39(43)44)38(26)16-20-9-11-21(12-10-20)23-6-4-5-7-24(23)29-34-36-37-35-29/h4-7,9-12,22H,2-3,8,13-19H2,1H3,(H,32,42)(H,34,35,36,37). The zero-order chi connectivity index (χ0) is 36.6. The van der Waals surface area contributed by atoms with Crippen molar-refractivity contribution in [1.29, 1.82) is 0 Å². The fraction of sp³-hybridized carbons (Fsp3) is 0.400. The lowest BCUT2D eigenvalue weighted by atomic mass is 9.98. The largest absolute Gasteiger partial charge is 0.462 e. The van der Waals surface area contributed by atoms with Crippen LogP contribution in [0.4, 0.5) is 4.79 Å². The SMILES string of the molecule is CCCCc1nc(Cl)c(COC(=O)NCC(=O)OCCOCC(CO[N+](=O)[O-])O[N+](=O)[O-])n1Cc1ccc(-c2ccccc2-c2nn[nH]n2)cc1. The van der Waals surface area contributed by atoms with Gasteiger partial charge in [0.25, 0.3) is 10.2 Å². The number of alkyl carbamates (subject to hydrolysis) is 1. The van der Waals surface area contributed by atoms with Crippen LogP contribution < -0.4 is 5.32 Å². The first-order valence-corrected chi connectivity index (χ1v) is 15.9. The molecule has 1 amide bonds. The molecule has 0 aliphatic rings. The number of aromatic nitrogens is 6. The summed E-state index contributed by atoms with van der Waals surface area (Å²) in [6.45, 7) is 0.0351. The number of unbranched alkanes of at least 4 members (excludes halogenated alkanes) is 1. The van der Waals surface area contributed by atoms with Gasteiger partial charge in [0.15, 0.2) is 11.3 Å². The first kappa shape index (κ1) is 37.9. The van der Waals surface area contributed by atoms with E-state index in [-0.39, 0.29) is 25.0 Å². The minimum Gasteiger partial charge on any atom is -0.462 e. The van der Waals surface area contributed by atoms with Crippen LogP contribution in [0.1, 0.15) is 36.8 Å². The summed E-state index contributed by atoms with van der Waals surface area (Å²) in [6.07, 6.45) is 0.186. The van der Waals surface area contributed by atoms with Crippen LogP contribution in [0.2, 0.25) is 5.15 Å². The molecule has 4 rings (SSSR count). The smallest absolute Gasteiger partial charge is 0.408 e. The number of H-pyrrole nitrogens is 1. The van der Waals surface area contributed by atoms with Crippen molar-refractivity contribution in [2.45, 2.75) is 45.4 Å². The van der Waals surface area contributed by atoms with Crippen molar-refractivity contribution in [2.24, 2.45) is 0 Å². The van der Waals surface area contributed by atoms with E-state index in [0.29, 0.717) is 24.5 Å². The number of imidazole rings is 1. The molecule has 2 aromatic carbocycles. The van der Waals surface area contributed by atoms with Crippen LogP contribution in [0.15, 0.2) is 48.5 Å². The summed E-state index contributed by atoms with van der Waals surface area (Å²) < 4.78 is 17.3. The Bertz CT molecular complexity index is 1750. The Morgan fingerprint density at radius 2 is 1.78 bits per heavy atom. The van der Waals surface area contributed by atoms with Crippen molar-refractivity contribution in [3.63, 3.8) is 0 Å². The molecule has 272 valence electrons. The van der Waals surface area contributed by atoms with Crippen LogP contribution in [0, 0.1) is 20.2 Å². The number of carbonyl (C=O) groups is 2. The number of ether oxygens (including phenoxy) is 3. The van der Waals surface area contributed by atoms with Crippen molar-refractivity contribution in [3.05, 3.63) is 91.0 Å². The number of nitrogens with zero attached hydrogens (tertiary/aromatic N) is 7. The van der Waals surface area contributed by atoms with E-state index in [1.165, 1.54) is 0 Å². The highest BCUT2D eigenvalue weighted by Gasteiger charge is 2.19. The van der Waals surface area contributed by atoms with Crippen molar-refractivity contribution in [3.8, 4) is 22.5 Å². The number of esters is 1. The zero-order valence-corrected chi connectivity index (χ0v) is 28.0. The molecule has 1 atom stereocenters. The molecule has 21 heteroatoms. The highest BCUT2D eigenvalue weighted by molar-refractivity contribution is 6.30. The Kier molecular flexibility index (Phi) is 14.4. The maximum absolute atomic E-state index is 12.4. The number of amides is 1. The second kappa shape index (κ2) is 19.3. The Labute approximate surface area is 294 Å². The third kappa shape index (κ3) is 11.9. The van der Waals surface area contributed by atoms with Crippen LogP contribution in [-0.4, -0.2) is 91.5 Å². The third-order valence-electron chi connectivity index (χ3n) is 7.09. The minimum atomic E-state index is -1.37. The molecular formula is C30H34ClN9O11. The molecule has 2 N–H and O–H groups in total. The molecule has 0 saturated carbocycles. The van der Waals surface area contributed by atoms with E-state index in [2.05, 4.69) is 47.5 Å². The van der Waals surface area contributed by atoms with Gasteiger partial charge in [-0.3, -0.25) is 4.79 Å². The molecule has 0 saturated heterocycles. The van der Waals surface area contributed by atoms with Gasteiger partial charge in [-0.25, -0.2) is 9.78 Å². The molecule has 0 radical (unpaired) electrons. The minimum absolute atomic E-state index is 0.190. The second-order valence-corrected chi connectivity index (χ2v) is 11.0. The molecule has 0 fully saturated rings. The maximum atomic E-state index is 12.4. The van der Waals surface area contributed by atoms with Gasteiger partial charge >= 0.3 is 12.1 Å². The van der Waals surface area contributed by atoms with E-state index in [4.69, 9.17) is 25.8 Å². The molecule has 1 unspecified atom stereocenters. The number of benzene rings is 2. The third-order valence-corrected chi connectivity index (χ3v) is 7.39. The van der Waals surface area contributed by atoms with Gasteiger partial charge in [-0.05, 0) is 28.3 Å². The topological polar surface area (TPSA) is 251 Å². The second-order valence-electron chi connectivity index (χ2n) is 10.6. The van der Waals surface area contributed by atoms with Gasteiger partial charge < -0.3 is 33.8 Å². The highest BCUT2D eigenvalue weighted by atomic mass is 35.5. The number of halogens is 1. The number of carbonyl (C=O) groups excluding carboxylic acids is 2. The van der Waals surface area contributed by atoms with Crippen molar-refractivity contribution in [1.82, 2.24) is 35.5 Å². The lowest BCUT2D eigenvalue weighted by Gasteiger charge is -2.14. The van der Waals surface area contributed by atoms with Gasteiger partial charge in [-0.2, -0.15) is 5.21 Å². The van der Waals surface area contributed by atoms with Gasteiger partial charge in [0.05, 0.1) is 18.9 Å². The number of hydrogen-bond acceptors (Lipinski definition) is 15. The summed E-state index contributed by atoms with van der Waals surface area (Å²) >= 11 is 6.51. The first-order chi connectivity index (χ1) is 24.6. The van der Waals surface area contributed by atoms with E-state index >= 15 is 0 Å². The molecule has 0 aliphatic carbocycles. The Balaban J connectivity index is 1.29. The molecule has 2 heterocycles.